The largest absolute Gasteiger partial charge is 0.478 e. The molecule has 0 amide bonds. The van der Waals surface area contributed by atoms with Crippen molar-refractivity contribution in [2.75, 3.05) is 13.2 Å². The Labute approximate surface area is 143 Å². The molecular weight excluding hydrogens is 329 g/mol. The van der Waals surface area contributed by atoms with Crippen LogP contribution in [0.2, 0.25) is 0 Å². The molecule has 1 aromatic carbocycles. The van der Waals surface area contributed by atoms with Gasteiger partial charge in [0.1, 0.15) is 0 Å². The van der Waals surface area contributed by atoms with Gasteiger partial charge in [-0.15, -0.1) is 0 Å². The summed E-state index contributed by atoms with van der Waals surface area (Å²) in [5, 5.41) is 12.3. The van der Waals surface area contributed by atoms with Gasteiger partial charge in [0.2, 0.25) is 0 Å². The molecule has 0 aromatic heterocycles. The van der Waals surface area contributed by atoms with Gasteiger partial charge in [-0.05, 0) is 30.5 Å². The quantitative estimate of drug-likeness (QED) is 0.620. The third-order valence-electron chi connectivity index (χ3n) is 4.44. The van der Waals surface area contributed by atoms with Crippen molar-refractivity contribution in [3.05, 3.63) is 35.4 Å². The minimum Gasteiger partial charge on any atom is -0.478 e. The number of hydrogen-bond donors (Lipinski definition) is 3. The molecule has 6 nitrogen and oxygen atoms in total. The lowest BCUT2D eigenvalue weighted by atomic mass is 10.0. The van der Waals surface area contributed by atoms with Gasteiger partial charge in [0.15, 0.2) is 8.03 Å². The molecule has 1 heterocycles. The van der Waals surface area contributed by atoms with E-state index in [1.807, 2.05) is 12.1 Å². The lowest BCUT2D eigenvalue weighted by molar-refractivity contribution is -0.0000434. The summed E-state index contributed by atoms with van der Waals surface area (Å²) in [6.45, 7) is 3.13. The molecule has 1 aromatic rings. The lowest BCUT2D eigenvalue weighted by Gasteiger charge is -2.34. The van der Waals surface area contributed by atoms with Crippen molar-refractivity contribution in [3.63, 3.8) is 0 Å². The zero-order valence-electron chi connectivity index (χ0n) is 13.9. The van der Waals surface area contributed by atoms with Gasteiger partial charge in [-0.25, -0.2) is 4.79 Å². The predicted molar refractivity (Wildman–Crippen MR) is 93.2 cm³/mol. The van der Waals surface area contributed by atoms with E-state index in [2.05, 4.69) is 12.2 Å². The number of unbranched alkanes of at least 4 members (excludes halogenated alkanes) is 1. The first-order valence-electron chi connectivity index (χ1n) is 8.41. The number of nitrogens with one attached hydrogen (secondary N) is 1. The Balaban J connectivity index is 1.85. The summed E-state index contributed by atoms with van der Waals surface area (Å²) in [7, 11) is -2.60. The highest BCUT2D eigenvalue weighted by Gasteiger charge is 2.30. The van der Waals surface area contributed by atoms with Crippen LogP contribution in [0.25, 0.3) is 0 Å². The summed E-state index contributed by atoms with van der Waals surface area (Å²) in [4.78, 5) is 20.4. The first-order chi connectivity index (χ1) is 11.5. The molecule has 2 unspecified atom stereocenters. The monoisotopic (exact) mass is 355 g/mol. The number of ether oxygens (including phenoxy) is 1. The van der Waals surface area contributed by atoms with Gasteiger partial charge in [-0.2, -0.15) is 0 Å². The fraction of sp³-hybridized carbons (Fsp3) is 0.588. The van der Waals surface area contributed by atoms with Crippen molar-refractivity contribution in [2.45, 2.75) is 50.4 Å². The summed E-state index contributed by atoms with van der Waals surface area (Å²) >= 11 is 0. The van der Waals surface area contributed by atoms with Crippen molar-refractivity contribution < 1.29 is 24.1 Å². The van der Waals surface area contributed by atoms with E-state index in [9.17, 15) is 14.3 Å². The number of carbonyl (C=O) groups is 1. The molecule has 1 aliphatic heterocycles. The fourth-order valence-corrected chi connectivity index (χ4v) is 3.97. The molecule has 7 heteroatoms. The Bertz CT molecular complexity index is 555. The molecule has 1 fully saturated rings. The maximum absolute atomic E-state index is 11.6. The topological polar surface area (TPSA) is 95.9 Å². The Morgan fingerprint density at radius 1 is 1.42 bits per heavy atom. The number of benzene rings is 1. The number of carboxylic acids is 1. The van der Waals surface area contributed by atoms with Gasteiger partial charge in [-0.3, -0.25) is 4.57 Å². The van der Waals surface area contributed by atoms with Crippen LogP contribution < -0.4 is 5.32 Å². The zero-order valence-corrected chi connectivity index (χ0v) is 14.9. The maximum atomic E-state index is 11.6. The molecule has 1 saturated heterocycles. The Morgan fingerprint density at radius 2 is 2.12 bits per heavy atom. The first-order valence-corrected chi connectivity index (χ1v) is 9.84. The number of hydrogen-bond acceptors (Lipinski definition) is 4. The van der Waals surface area contributed by atoms with Crippen LogP contribution in [0.3, 0.4) is 0 Å². The van der Waals surface area contributed by atoms with Crippen LogP contribution in [0.15, 0.2) is 24.3 Å². The van der Waals surface area contributed by atoms with E-state index >= 15 is 0 Å². The van der Waals surface area contributed by atoms with E-state index < -0.39 is 14.0 Å². The minimum atomic E-state index is -2.60. The van der Waals surface area contributed by atoms with Crippen LogP contribution in [0.5, 0.6) is 0 Å². The van der Waals surface area contributed by atoms with Gasteiger partial charge in [0, 0.05) is 12.6 Å². The van der Waals surface area contributed by atoms with E-state index in [1.54, 1.807) is 12.1 Å². The number of carboxylic acid groups (broad SMARTS) is 1. The van der Waals surface area contributed by atoms with E-state index in [0.29, 0.717) is 13.2 Å². The standard InChI is InChI=1S/C17H26NO5P/c1-2-3-4-16(24(21)22)15-10-18-14(11-23-15)9-12-5-7-13(8-6-12)17(19)20/h5-8,14-16,18,24H,2-4,9-11H2,1H3,(H,19,20)(H,21,22)/t14-,15+,16?/m1/s1. The summed E-state index contributed by atoms with van der Waals surface area (Å²) in [5.41, 5.74) is 1.04. The first kappa shape index (κ1) is 19.1. The Hall–Kier alpha value is -1.20. The highest BCUT2D eigenvalue weighted by atomic mass is 31.1. The number of aromatic carboxylic acids is 1. The third-order valence-corrected chi connectivity index (χ3v) is 5.73. The minimum absolute atomic E-state index is 0.129. The highest BCUT2D eigenvalue weighted by molar-refractivity contribution is 7.39. The molecule has 1 aliphatic rings. The van der Waals surface area contributed by atoms with Gasteiger partial charge < -0.3 is 20.1 Å². The Morgan fingerprint density at radius 3 is 2.62 bits per heavy atom. The molecule has 0 radical (unpaired) electrons. The highest BCUT2D eigenvalue weighted by Crippen LogP contribution is 2.32. The van der Waals surface area contributed by atoms with Crippen LogP contribution in [-0.2, 0) is 15.7 Å². The van der Waals surface area contributed by atoms with Gasteiger partial charge in [0.25, 0.3) is 0 Å². The Kier molecular flexibility index (Phi) is 7.43. The molecule has 3 N–H and O–H groups in total. The van der Waals surface area contributed by atoms with E-state index in [-0.39, 0.29) is 23.4 Å². The van der Waals surface area contributed by atoms with Crippen molar-refractivity contribution >= 4 is 14.0 Å². The number of morpholine rings is 1. The van der Waals surface area contributed by atoms with Crippen molar-refractivity contribution in [1.29, 1.82) is 0 Å². The van der Waals surface area contributed by atoms with Crippen LogP contribution >= 0.6 is 8.03 Å². The van der Waals surface area contributed by atoms with Crippen molar-refractivity contribution in [2.24, 2.45) is 0 Å². The lowest BCUT2D eigenvalue weighted by Crippen LogP contribution is -2.50. The summed E-state index contributed by atoms with van der Waals surface area (Å²) in [5.74, 6) is -0.930. The van der Waals surface area contributed by atoms with Gasteiger partial charge >= 0.3 is 5.97 Å². The molecule has 24 heavy (non-hydrogen) atoms. The normalized spacial score (nSPS) is 23.6. The molecule has 0 saturated carbocycles. The fourth-order valence-electron chi connectivity index (χ4n) is 2.99. The molecule has 4 atom stereocenters. The van der Waals surface area contributed by atoms with Crippen molar-refractivity contribution in [3.8, 4) is 0 Å². The molecule has 2 rings (SSSR count). The molecule has 0 bridgehead atoms. The average Bonchev–Trinajstić information content (AvgIpc) is 2.57. The molecule has 0 aliphatic carbocycles. The summed E-state index contributed by atoms with van der Waals surface area (Å²) in [6, 6.07) is 6.96. The van der Waals surface area contributed by atoms with E-state index in [0.717, 1.165) is 31.2 Å². The molecule has 134 valence electrons. The van der Waals surface area contributed by atoms with Crippen molar-refractivity contribution in [1.82, 2.24) is 5.32 Å². The summed E-state index contributed by atoms with van der Waals surface area (Å²) in [6.07, 6.45) is 3.18. The second kappa shape index (κ2) is 9.33. The van der Waals surface area contributed by atoms with Gasteiger partial charge in [0.05, 0.1) is 23.9 Å². The van der Waals surface area contributed by atoms with E-state index in [4.69, 9.17) is 9.84 Å². The average molecular weight is 355 g/mol. The van der Waals surface area contributed by atoms with Gasteiger partial charge in [-0.1, -0.05) is 31.9 Å². The van der Waals surface area contributed by atoms with Crippen LogP contribution in [0, 0.1) is 0 Å². The predicted octanol–water partition coefficient (Wildman–Crippen LogP) is 2.31. The number of rotatable bonds is 8. The zero-order chi connectivity index (χ0) is 17.5. The second-order valence-corrected chi connectivity index (χ2v) is 7.69. The SMILES string of the molecule is CCCCC([C@@H]1CN[C@H](Cc2ccc(C(=O)O)cc2)CO1)[PH](=O)O. The third kappa shape index (κ3) is 5.42. The molecule has 0 spiro atoms. The van der Waals surface area contributed by atoms with Crippen LogP contribution in [-0.4, -0.2) is 46.9 Å². The molecular formula is C17H26NO5P. The van der Waals surface area contributed by atoms with E-state index in [1.165, 1.54) is 0 Å². The maximum Gasteiger partial charge on any atom is 0.335 e. The van der Waals surface area contributed by atoms with Crippen LogP contribution in [0.1, 0.15) is 42.1 Å². The smallest absolute Gasteiger partial charge is 0.335 e. The second-order valence-electron chi connectivity index (χ2n) is 6.27. The summed E-state index contributed by atoms with van der Waals surface area (Å²) < 4.78 is 17.4. The van der Waals surface area contributed by atoms with Crippen LogP contribution in [0.4, 0.5) is 0 Å².